The lowest BCUT2D eigenvalue weighted by Gasteiger charge is -2.47. The Morgan fingerprint density at radius 3 is 1.67 bits per heavy atom. The van der Waals surface area contributed by atoms with Gasteiger partial charge < -0.3 is 4.42 Å². The summed E-state index contributed by atoms with van der Waals surface area (Å²) in [5.41, 5.74) is 8.99. The fourth-order valence-corrected chi connectivity index (χ4v) is 7.22. The van der Waals surface area contributed by atoms with E-state index in [0.717, 1.165) is 21.9 Å². The molecule has 0 saturated carbocycles. The predicted molar refractivity (Wildman–Crippen MR) is 162 cm³/mol. The van der Waals surface area contributed by atoms with Crippen LogP contribution in [-0.4, -0.2) is 0 Å². The Labute approximate surface area is 228 Å². The van der Waals surface area contributed by atoms with Crippen molar-refractivity contribution < 1.29 is 4.42 Å². The van der Waals surface area contributed by atoms with E-state index in [9.17, 15) is 0 Å². The normalized spacial score (nSPS) is 15.3. The third-order valence-corrected chi connectivity index (χ3v) is 8.98. The van der Waals surface area contributed by atoms with E-state index in [-0.39, 0.29) is 5.41 Å². The topological polar surface area (TPSA) is 13.1 Å². The van der Waals surface area contributed by atoms with Gasteiger partial charge in [-0.1, -0.05) is 135 Å². The fraction of sp³-hybridized carbons (Fsp3) is 0.105. The smallest absolute Gasteiger partial charge is 0.140 e. The summed E-state index contributed by atoms with van der Waals surface area (Å²) < 4.78 is 6.87. The highest BCUT2D eigenvalue weighted by molar-refractivity contribution is 6.11. The minimum atomic E-state index is -0.531. The van der Waals surface area contributed by atoms with E-state index in [1.54, 1.807) is 0 Å². The standard InChI is InChI=1S/C38H28O/c1-37(2)30-18-8-10-20-32(30)38(27-15-4-3-5-16-27,33-21-11-9-19-31(33)37)34-22-12-17-28-29-23-25-13-6-7-14-26(25)24-35(29)39-36(28)34/h3-24H,1-2H3. The Bertz CT molecular complexity index is 1990. The number of fused-ring (bicyclic) bond motifs is 6. The van der Waals surface area contributed by atoms with Crippen molar-refractivity contribution >= 4 is 32.7 Å². The third kappa shape index (κ3) is 2.90. The second-order valence-corrected chi connectivity index (χ2v) is 11.3. The van der Waals surface area contributed by atoms with E-state index in [1.165, 1.54) is 44.2 Å². The Kier molecular flexibility index (Phi) is 4.56. The van der Waals surface area contributed by atoms with Gasteiger partial charge >= 0.3 is 0 Å². The van der Waals surface area contributed by atoms with Crippen LogP contribution in [0.2, 0.25) is 0 Å². The van der Waals surface area contributed by atoms with Gasteiger partial charge in [0.1, 0.15) is 11.2 Å². The molecule has 0 aliphatic heterocycles. The van der Waals surface area contributed by atoms with Gasteiger partial charge in [-0.25, -0.2) is 0 Å². The third-order valence-electron chi connectivity index (χ3n) is 8.98. The molecular formula is C38H28O. The number of furan rings is 1. The first-order valence-electron chi connectivity index (χ1n) is 13.7. The van der Waals surface area contributed by atoms with Crippen LogP contribution < -0.4 is 0 Å². The number of hydrogen-bond donors (Lipinski definition) is 0. The van der Waals surface area contributed by atoms with E-state index >= 15 is 0 Å². The van der Waals surface area contributed by atoms with Crippen LogP contribution in [0.25, 0.3) is 32.7 Å². The summed E-state index contributed by atoms with van der Waals surface area (Å²) >= 11 is 0. The molecule has 6 aromatic carbocycles. The maximum Gasteiger partial charge on any atom is 0.140 e. The molecule has 0 fully saturated rings. The SMILES string of the molecule is CC1(C)c2ccccc2C(c2ccccc2)(c2cccc3c2oc2cc4ccccc4cc23)c2ccccc21. The van der Waals surface area contributed by atoms with E-state index in [1.807, 2.05) is 0 Å². The molecule has 0 N–H and O–H groups in total. The molecule has 186 valence electrons. The average molecular weight is 501 g/mol. The van der Waals surface area contributed by atoms with Crippen LogP contribution in [0.15, 0.2) is 138 Å². The Balaban J connectivity index is 1.58. The molecule has 1 heteroatoms. The molecule has 0 radical (unpaired) electrons. The number of hydrogen-bond acceptors (Lipinski definition) is 1. The summed E-state index contributed by atoms with van der Waals surface area (Å²) in [7, 11) is 0. The molecule has 0 atom stereocenters. The van der Waals surface area contributed by atoms with Gasteiger partial charge in [0.15, 0.2) is 0 Å². The summed E-state index contributed by atoms with van der Waals surface area (Å²) in [4.78, 5) is 0. The van der Waals surface area contributed by atoms with Gasteiger partial charge in [-0.05, 0) is 50.7 Å². The second-order valence-electron chi connectivity index (χ2n) is 11.3. The molecule has 0 bridgehead atoms. The maximum atomic E-state index is 6.87. The van der Waals surface area contributed by atoms with Gasteiger partial charge in [0, 0.05) is 21.8 Å². The minimum absolute atomic E-state index is 0.134. The van der Waals surface area contributed by atoms with Crippen molar-refractivity contribution in [1.29, 1.82) is 0 Å². The van der Waals surface area contributed by atoms with Gasteiger partial charge in [0.25, 0.3) is 0 Å². The Morgan fingerprint density at radius 1 is 0.462 bits per heavy atom. The van der Waals surface area contributed by atoms with Crippen LogP contribution in [0, 0.1) is 0 Å². The largest absolute Gasteiger partial charge is 0.456 e. The fourth-order valence-electron chi connectivity index (χ4n) is 7.22. The number of rotatable bonds is 2. The van der Waals surface area contributed by atoms with Crippen molar-refractivity contribution in [3.8, 4) is 0 Å². The first-order valence-corrected chi connectivity index (χ1v) is 13.7. The van der Waals surface area contributed by atoms with Gasteiger partial charge in [-0.15, -0.1) is 0 Å². The highest BCUT2D eigenvalue weighted by atomic mass is 16.3. The van der Waals surface area contributed by atoms with Crippen LogP contribution in [0.4, 0.5) is 0 Å². The predicted octanol–water partition coefficient (Wildman–Crippen LogP) is 9.76. The molecule has 0 amide bonds. The lowest BCUT2D eigenvalue weighted by Crippen LogP contribution is -2.41. The Hall–Kier alpha value is -4.62. The maximum absolute atomic E-state index is 6.87. The molecule has 0 saturated heterocycles. The molecule has 1 aliphatic rings. The van der Waals surface area contributed by atoms with Crippen LogP contribution in [-0.2, 0) is 10.8 Å². The first-order chi connectivity index (χ1) is 19.1. The number of para-hydroxylation sites is 1. The average Bonchev–Trinajstić information content (AvgIpc) is 3.35. The van der Waals surface area contributed by atoms with Crippen LogP contribution in [0.3, 0.4) is 0 Å². The van der Waals surface area contributed by atoms with Crippen molar-refractivity contribution in [2.24, 2.45) is 0 Å². The van der Waals surface area contributed by atoms with Gasteiger partial charge in [0.2, 0.25) is 0 Å². The summed E-state index contributed by atoms with van der Waals surface area (Å²) in [5, 5.41) is 4.74. The molecular weight excluding hydrogens is 472 g/mol. The molecule has 8 rings (SSSR count). The van der Waals surface area contributed by atoms with Gasteiger partial charge in [0.05, 0.1) is 5.41 Å². The van der Waals surface area contributed by atoms with Crippen LogP contribution in [0.1, 0.15) is 47.2 Å². The Morgan fingerprint density at radius 2 is 1.00 bits per heavy atom. The van der Waals surface area contributed by atoms with Crippen LogP contribution >= 0.6 is 0 Å². The number of benzene rings is 6. The monoisotopic (exact) mass is 500 g/mol. The zero-order valence-electron chi connectivity index (χ0n) is 22.1. The van der Waals surface area contributed by atoms with Gasteiger partial charge in [-0.3, -0.25) is 0 Å². The molecule has 1 aromatic heterocycles. The summed E-state index contributed by atoms with van der Waals surface area (Å²) in [5.74, 6) is 0. The summed E-state index contributed by atoms with van der Waals surface area (Å²) in [6.07, 6.45) is 0. The molecule has 1 aliphatic carbocycles. The first kappa shape index (κ1) is 22.4. The molecule has 0 unspecified atom stereocenters. The van der Waals surface area contributed by atoms with Gasteiger partial charge in [-0.2, -0.15) is 0 Å². The minimum Gasteiger partial charge on any atom is -0.456 e. The van der Waals surface area contributed by atoms with Crippen molar-refractivity contribution in [2.75, 3.05) is 0 Å². The van der Waals surface area contributed by atoms with Crippen molar-refractivity contribution in [3.05, 3.63) is 167 Å². The zero-order valence-corrected chi connectivity index (χ0v) is 22.1. The molecule has 1 nitrogen and oxygen atoms in total. The zero-order chi connectivity index (χ0) is 26.2. The summed E-state index contributed by atoms with van der Waals surface area (Å²) in [6.45, 7) is 4.71. The highest BCUT2D eigenvalue weighted by Crippen LogP contribution is 2.57. The van der Waals surface area contributed by atoms with E-state index in [0.29, 0.717) is 0 Å². The lowest BCUT2D eigenvalue weighted by atomic mass is 9.54. The quantitative estimate of drug-likeness (QED) is 0.230. The summed E-state index contributed by atoms with van der Waals surface area (Å²) in [6, 6.07) is 48.7. The lowest BCUT2D eigenvalue weighted by molar-refractivity contribution is 0.554. The molecule has 1 heterocycles. The van der Waals surface area contributed by atoms with Crippen molar-refractivity contribution in [2.45, 2.75) is 24.7 Å². The highest BCUT2D eigenvalue weighted by Gasteiger charge is 2.49. The van der Waals surface area contributed by atoms with E-state index in [4.69, 9.17) is 4.42 Å². The molecule has 0 spiro atoms. The van der Waals surface area contributed by atoms with Crippen molar-refractivity contribution in [1.82, 2.24) is 0 Å². The van der Waals surface area contributed by atoms with Crippen molar-refractivity contribution in [3.63, 3.8) is 0 Å². The van der Waals surface area contributed by atoms with Crippen LogP contribution in [0.5, 0.6) is 0 Å². The molecule has 39 heavy (non-hydrogen) atoms. The second kappa shape index (κ2) is 7.94. The van der Waals surface area contributed by atoms with E-state index in [2.05, 4.69) is 147 Å². The molecule has 7 aromatic rings. The van der Waals surface area contributed by atoms with E-state index < -0.39 is 5.41 Å².